The number of aromatic nitrogens is 2. The maximum atomic E-state index is 11.0. The summed E-state index contributed by atoms with van der Waals surface area (Å²) < 4.78 is 6.30. The molecule has 1 aromatic carbocycles. The van der Waals surface area contributed by atoms with Gasteiger partial charge in [0.2, 0.25) is 5.95 Å². The van der Waals surface area contributed by atoms with E-state index in [0.717, 1.165) is 10.0 Å². The van der Waals surface area contributed by atoms with Gasteiger partial charge in [0, 0.05) is 4.47 Å². The Labute approximate surface area is 123 Å². The summed E-state index contributed by atoms with van der Waals surface area (Å²) in [5.74, 6) is -0.183. The van der Waals surface area contributed by atoms with Crippen LogP contribution in [0.4, 0.5) is 11.6 Å². The Balaban J connectivity index is 2.27. The number of ether oxygens (including phenoxy) is 1. The normalized spacial score (nSPS) is 10.3. The van der Waals surface area contributed by atoms with E-state index in [9.17, 15) is 10.1 Å². The van der Waals surface area contributed by atoms with Crippen molar-refractivity contribution in [3.05, 3.63) is 50.1 Å². The molecule has 0 atom stereocenters. The fraction of sp³-hybridized carbons (Fsp3) is 0.167. The Morgan fingerprint density at radius 2 is 2.20 bits per heavy atom. The Kier molecular flexibility index (Phi) is 4.14. The number of nitrogen functional groups attached to an aromatic ring is 1. The molecule has 104 valence electrons. The van der Waals surface area contributed by atoms with Crippen molar-refractivity contribution < 1.29 is 9.66 Å². The predicted molar refractivity (Wildman–Crippen MR) is 76.3 cm³/mol. The molecule has 1 aromatic heterocycles. The molecule has 0 aliphatic heterocycles. The van der Waals surface area contributed by atoms with Crippen molar-refractivity contribution in [2.24, 2.45) is 0 Å². The van der Waals surface area contributed by atoms with E-state index in [2.05, 4.69) is 25.9 Å². The van der Waals surface area contributed by atoms with Crippen molar-refractivity contribution in [2.75, 3.05) is 5.73 Å². The van der Waals surface area contributed by atoms with E-state index < -0.39 is 4.92 Å². The quantitative estimate of drug-likeness (QED) is 0.678. The minimum Gasteiger partial charge on any atom is -0.468 e. The summed E-state index contributed by atoms with van der Waals surface area (Å²) in [6.07, 6.45) is 0. The lowest BCUT2D eigenvalue weighted by Crippen LogP contribution is -2.07. The molecule has 0 unspecified atom stereocenters. The van der Waals surface area contributed by atoms with Gasteiger partial charge in [0.1, 0.15) is 12.3 Å². The van der Waals surface area contributed by atoms with Crippen LogP contribution in [0.2, 0.25) is 0 Å². The molecule has 0 radical (unpaired) electrons. The average molecular weight is 339 g/mol. The van der Waals surface area contributed by atoms with E-state index in [4.69, 9.17) is 10.5 Å². The Hall–Kier alpha value is -2.22. The van der Waals surface area contributed by atoms with E-state index >= 15 is 0 Å². The lowest BCUT2D eigenvalue weighted by atomic mass is 10.2. The molecule has 1 heterocycles. The molecule has 0 aliphatic rings. The van der Waals surface area contributed by atoms with Crippen LogP contribution >= 0.6 is 15.9 Å². The molecule has 7 nitrogen and oxygen atoms in total. The zero-order chi connectivity index (χ0) is 14.7. The number of hydrogen-bond acceptors (Lipinski definition) is 6. The number of rotatable bonds is 4. The molecule has 20 heavy (non-hydrogen) atoms. The number of halogens is 1. The first-order valence-corrected chi connectivity index (χ1v) is 6.42. The second kappa shape index (κ2) is 5.83. The Morgan fingerprint density at radius 1 is 1.45 bits per heavy atom. The number of aryl methyl sites for hydroxylation is 1. The largest absolute Gasteiger partial charge is 0.468 e. The van der Waals surface area contributed by atoms with Gasteiger partial charge in [-0.05, 0) is 24.6 Å². The van der Waals surface area contributed by atoms with E-state index in [-0.39, 0.29) is 29.8 Å². The molecule has 0 bridgehead atoms. The lowest BCUT2D eigenvalue weighted by molar-refractivity contribution is -0.387. The van der Waals surface area contributed by atoms with Crippen LogP contribution in [0, 0.1) is 17.0 Å². The van der Waals surface area contributed by atoms with Crippen LogP contribution in [0.5, 0.6) is 5.88 Å². The molecule has 0 aliphatic carbocycles. The standard InChI is InChI=1S/C12H11BrN4O3/c1-7-10(17(18)19)11(16-12(14)15-7)20-6-8-3-2-4-9(13)5-8/h2-5H,6H2,1H3,(H2,14,15,16). The second-order valence-corrected chi connectivity index (χ2v) is 4.91. The van der Waals surface area contributed by atoms with Crippen LogP contribution in [0.25, 0.3) is 0 Å². The van der Waals surface area contributed by atoms with Crippen LogP contribution in [0.1, 0.15) is 11.3 Å². The first-order valence-electron chi connectivity index (χ1n) is 5.63. The summed E-state index contributed by atoms with van der Waals surface area (Å²) in [6, 6.07) is 7.41. The zero-order valence-corrected chi connectivity index (χ0v) is 12.1. The zero-order valence-electron chi connectivity index (χ0n) is 10.5. The van der Waals surface area contributed by atoms with Crippen LogP contribution in [-0.4, -0.2) is 14.9 Å². The topological polar surface area (TPSA) is 104 Å². The molecule has 2 N–H and O–H groups in total. The van der Waals surface area contributed by atoms with E-state index in [0.29, 0.717) is 0 Å². The minimum absolute atomic E-state index is 0.0580. The number of nitrogens with zero attached hydrogens (tertiary/aromatic N) is 3. The van der Waals surface area contributed by atoms with Crippen molar-refractivity contribution in [3.8, 4) is 5.88 Å². The summed E-state index contributed by atoms with van der Waals surface area (Å²) in [5.41, 5.74) is 6.24. The molecule has 0 fully saturated rings. The Morgan fingerprint density at radius 3 is 2.85 bits per heavy atom. The average Bonchev–Trinajstić information content (AvgIpc) is 2.35. The van der Waals surface area contributed by atoms with Crippen molar-refractivity contribution in [1.29, 1.82) is 0 Å². The van der Waals surface area contributed by atoms with E-state index in [1.807, 2.05) is 24.3 Å². The van der Waals surface area contributed by atoms with Gasteiger partial charge in [0.05, 0.1) is 4.92 Å². The van der Waals surface area contributed by atoms with E-state index in [1.54, 1.807) is 0 Å². The number of nitrogens with two attached hydrogens (primary N) is 1. The summed E-state index contributed by atoms with van der Waals surface area (Å²) in [5, 5.41) is 11.0. The first kappa shape index (κ1) is 14.2. The van der Waals surface area contributed by atoms with Crippen molar-refractivity contribution in [1.82, 2.24) is 9.97 Å². The fourth-order valence-corrected chi connectivity index (χ4v) is 2.10. The van der Waals surface area contributed by atoms with Crippen LogP contribution < -0.4 is 10.5 Å². The second-order valence-electron chi connectivity index (χ2n) is 4.00. The van der Waals surface area contributed by atoms with Crippen molar-refractivity contribution >= 4 is 27.6 Å². The monoisotopic (exact) mass is 338 g/mol. The van der Waals surface area contributed by atoms with Gasteiger partial charge < -0.3 is 10.5 Å². The fourth-order valence-electron chi connectivity index (χ4n) is 1.65. The molecule has 0 saturated carbocycles. The minimum atomic E-state index is -0.578. The molecule has 0 amide bonds. The molecular formula is C12H11BrN4O3. The van der Waals surface area contributed by atoms with Gasteiger partial charge in [-0.15, -0.1) is 0 Å². The lowest BCUT2D eigenvalue weighted by Gasteiger charge is -2.08. The highest BCUT2D eigenvalue weighted by molar-refractivity contribution is 9.10. The Bertz CT molecular complexity index is 663. The number of nitro groups is 1. The van der Waals surface area contributed by atoms with Crippen LogP contribution in [0.3, 0.4) is 0 Å². The summed E-state index contributed by atoms with van der Waals surface area (Å²) >= 11 is 3.34. The highest BCUT2D eigenvalue weighted by Gasteiger charge is 2.23. The number of benzene rings is 1. The molecule has 0 spiro atoms. The maximum absolute atomic E-state index is 11.0. The molecule has 8 heteroatoms. The first-order chi connectivity index (χ1) is 9.47. The van der Waals surface area contributed by atoms with Crippen LogP contribution in [0.15, 0.2) is 28.7 Å². The molecule has 0 saturated heterocycles. The predicted octanol–water partition coefficient (Wildman–Crippen LogP) is 2.62. The highest BCUT2D eigenvalue weighted by atomic mass is 79.9. The van der Waals surface area contributed by atoms with Crippen LogP contribution in [-0.2, 0) is 6.61 Å². The summed E-state index contributed by atoms with van der Waals surface area (Å²) in [6.45, 7) is 1.64. The van der Waals surface area contributed by atoms with Gasteiger partial charge >= 0.3 is 5.69 Å². The smallest absolute Gasteiger partial charge is 0.352 e. The molecular weight excluding hydrogens is 328 g/mol. The molecule has 2 rings (SSSR count). The number of anilines is 1. The van der Waals surface area contributed by atoms with Gasteiger partial charge in [-0.25, -0.2) is 4.98 Å². The SMILES string of the molecule is Cc1nc(N)nc(OCc2cccc(Br)c2)c1[N+](=O)[O-]. The third kappa shape index (κ3) is 3.21. The van der Waals surface area contributed by atoms with Crippen molar-refractivity contribution in [3.63, 3.8) is 0 Å². The third-order valence-electron chi connectivity index (χ3n) is 2.49. The van der Waals surface area contributed by atoms with Gasteiger partial charge in [0.25, 0.3) is 5.88 Å². The number of hydrogen-bond donors (Lipinski definition) is 1. The van der Waals surface area contributed by atoms with Gasteiger partial charge in [-0.1, -0.05) is 28.1 Å². The van der Waals surface area contributed by atoms with Crippen molar-refractivity contribution in [2.45, 2.75) is 13.5 Å². The summed E-state index contributed by atoms with van der Waals surface area (Å²) in [7, 11) is 0. The van der Waals surface area contributed by atoms with Gasteiger partial charge in [-0.2, -0.15) is 4.98 Å². The summed E-state index contributed by atoms with van der Waals surface area (Å²) in [4.78, 5) is 18.0. The third-order valence-corrected chi connectivity index (χ3v) is 2.98. The van der Waals surface area contributed by atoms with E-state index in [1.165, 1.54) is 6.92 Å². The highest BCUT2D eigenvalue weighted by Crippen LogP contribution is 2.28. The van der Waals surface area contributed by atoms with Gasteiger partial charge in [-0.3, -0.25) is 10.1 Å². The molecule has 2 aromatic rings. The maximum Gasteiger partial charge on any atom is 0.352 e. The van der Waals surface area contributed by atoms with Gasteiger partial charge in [0.15, 0.2) is 0 Å².